The number of thiophene rings is 1. The second-order valence-corrected chi connectivity index (χ2v) is 7.13. The van der Waals surface area contributed by atoms with Crippen molar-refractivity contribution in [2.45, 2.75) is 33.4 Å². The Balaban J connectivity index is 1.98. The number of nitrogens with one attached hydrogen (secondary N) is 1. The van der Waals surface area contributed by atoms with Crippen LogP contribution >= 0.6 is 11.3 Å². The Labute approximate surface area is 159 Å². The van der Waals surface area contributed by atoms with Crippen LogP contribution in [-0.2, 0) is 17.9 Å². The highest BCUT2D eigenvalue weighted by Crippen LogP contribution is 2.25. The van der Waals surface area contributed by atoms with Crippen molar-refractivity contribution in [1.29, 1.82) is 0 Å². The first kappa shape index (κ1) is 18.9. The minimum absolute atomic E-state index is 0.187. The summed E-state index contributed by atoms with van der Waals surface area (Å²) in [6.45, 7) is 3.94. The van der Waals surface area contributed by atoms with E-state index >= 15 is 0 Å². The number of fused-ring (bicyclic) bond motifs is 1. The minimum Gasteiger partial charge on any atom is -0.495 e. The predicted molar refractivity (Wildman–Crippen MR) is 107 cm³/mol. The van der Waals surface area contributed by atoms with Gasteiger partial charge in [0.2, 0.25) is 5.91 Å². The van der Waals surface area contributed by atoms with Crippen LogP contribution in [0.2, 0.25) is 0 Å². The summed E-state index contributed by atoms with van der Waals surface area (Å²) >= 11 is 1.27. The van der Waals surface area contributed by atoms with Crippen LogP contribution in [-0.4, -0.2) is 22.2 Å². The molecular weight excluding hydrogens is 366 g/mol. The number of hydrogen-bond donors (Lipinski definition) is 1. The van der Waals surface area contributed by atoms with Crippen LogP contribution in [0.25, 0.3) is 10.2 Å². The third-order valence-corrected chi connectivity index (χ3v) is 5.11. The van der Waals surface area contributed by atoms with Gasteiger partial charge in [0.1, 0.15) is 17.0 Å². The molecule has 0 unspecified atom stereocenters. The van der Waals surface area contributed by atoms with Crippen LogP contribution in [0.15, 0.2) is 39.2 Å². The van der Waals surface area contributed by atoms with E-state index in [-0.39, 0.29) is 18.0 Å². The highest BCUT2D eigenvalue weighted by atomic mass is 32.1. The van der Waals surface area contributed by atoms with Gasteiger partial charge in [-0.25, -0.2) is 4.79 Å². The molecule has 1 N–H and O–H groups in total. The molecule has 0 saturated carbocycles. The standard InChI is InChI=1S/C19H21N3O4S/c1-4-8-21-18(24)17-14(7-9-27-17)22(19(21)25)11-16(23)20-13-10-12(2)5-6-15(13)26-3/h5-7,9-10H,4,8,11H2,1-3H3,(H,20,23). The van der Waals surface area contributed by atoms with Gasteiger partial charge in [-0.1, -0.05) is 13.0 Å². The Morgan fingerprint density at radius 3 is 2.70 bits per heavy atom. The number of aromatic nitrogens is 2. The zero-order valence-corrected chi connectivity index (χ0v) is 16.3. The molecular formula is C19H21N3O4S. The molecule has 0 aliphatic rings. The smallest absolute Gasteiger partial charge is 0.332 e. The molecule has 0 spiro atoms. The molecule has 0 bridgehead atoms. The summed E-state index contributed by atoms with van der Waals surface area (Å²) in [5.41, 5.74) is 1.22. The highest BCUT2D eigenvalue weighted by molar-refractivity contribution is 7.17. The number of methoxy groups -OCH3 is 1. The lowest BCUT2D eigenvalue weighted by Crippen LogP contribution is -2.41. The minimum atomic E-state index is -0.473. The number of carbonyl (C=O) groups excluding carboxylic acids is 1. The first-order valence-electron chi connectivity index (χ1n) is 8.61. The predicted octanol–water partition coefficient (Wildman–Crippen LogP) is 2.59. The molecule has 7 nitrogen and oxygen atoms in total. The summed E-state index contributed by atoms with van der Waals surface area (Å²) in [4.78, 5) is 37.9. The third kappa shape index (κ3) is 3.66. The zero-order chi connectivity index (χ0) is 19.6. The number of rotatable bonds is 6. The Kier molecular flexibility index (Phi) is 5.46. The summed E-state index contributed by atoms with van der Waals surface area (Å²) in [6, 6.07) is 7.15. The molecule has 3 aromatic rings. The number of amides is 1. The SMILES string of the molecule is CCCn1c(=O)c2sccc2n(CC(=O)Nc2cc(C)ccc2OC)c1=O. The van der Waals surface area contributed by atoms with Crippen LogP contribution in [0, 0.1) is 6.92 Å². The summed E-state index contributed by atoms with van der Waals surface area (Å²) in [7, 11) is 1.53. The molecule has 27 heavy (non-hydrogen) atoms. The van der Waals surface area contributed by atoms with Gasteiger partial charge in [-0.2, -0.15) is 0 Å². The molecule has 0 aliphatic carbocycles. The Morgan fingerprint density at radius 1 is 1.22 bits per heavy atom. The van der Waals surface area contributed by atoms with Crippen molar-refractivity contribution in [3.63, 3.8) is 0 Å². The van der Waals surface area contributed by atoms with E-state index in [1.54, 1.807) is 23.6 Å². The van der Waals surface area contributed by atoms with Gasteiger partial charge in [-0.15, -0.1) is 11.3 Å². The Hall–Kier alpha value is -2.87. The summed E-state index contributed by atoms with van der Waals surface area (Å²) in [6.07, 6.45) is 0.652. The molecule has 142 valence electrons. The van der Waals surface area contributed by atoms with Crippen molar-refractivity contribution in [2.24, 2.45) is 0 Å². The van der Waals surface area contributed by atoms with Crippen molar-refractivity contribution < 1.29 is 9.53 Å². The number of nitrogens with zero attached hydrogens (tertiary/aromatic N) is 2. The van der Waals surface area contributed by atoms with Crippen LogP contribution < -0.4 is 21.3 Å². The highest BCUT2D eigenvalue weighted by Gasteiger charge is 2.17. The fourth-order valence-corrected chi connectivity index (χ4v) is 3.80. The largest absolute Gasteiger partial charge is 0.495 e. The average Bonchev–Trinajstić information content (AvgIpc) is 3.12. The van der Waals surface area contributed by atoms with Gasteiger partial charge >= 0.3 is 5.69 Å². The van der Waals surface area contributed by atoms with E-state index in [0.29, 0.717) is 34.6 Å². The van der Waals surface area contributed by atoms with E-state index in [0.717, 1.165) is 5.56 Å². The molecule has 2 aromatic heterocycles. The van der Waals surface area contributed by atoms with E-state index in [4.69, 9.17) is 4.74 Å². The van der Waals surface area contributed by atoms with Crippen LogP contribution in [0.1, 0.15) is 18.9 Å². The van der Waals surface area contributed by atoms with E-state index < -0.39 is 5.69 Å². The fraction of sp³-hybridized carbons (Fsp3) is 0.316. The number of benzene rings is 1. The number of ether oxygens (including phenoxy) is 1. The van der Waals surface area contributed by atoms with E-state index in [1.807, 2.05) is 19.9 Å². The molecule has 0 aliphatic heterocycles. The normalized spacial score (nSPS) is 10.9. The lowest BCUT2D eigenvalue weighted by atomic mass is 10.2. The second kappa shape index (κ2) is 7.79. The number of aryl methyl sites for hydroxylation is 1. The maximum atomic E-state index is 12.8. The summed E-state index contributed by atoms with van der Waals surface area (Å²) < 4.78 is 8.29. The van der Waals surface area contributed by atoms with Crippen molar-refractivity contribution >= 4 is 33.1 Å². The van der Waals surface area contributed by atoms with Crippen molar-refractivity contribution in [2.75, 3.05) is 12.4 Å². The van der Waals surface area contributed by atoms with Crippen LogP contribution in [0.3, 0.4) is 0 Å². The molecule has 1 amide bonds. The summed E-state index contributed by atoms with van der Waals surface area (Å²) in [5.74, 6) is 0.174. The Bertz CT molecular complexity index is 1110. The molecule has 0 radical (unpaired) electrons. The maximum Gasteiger partial charge on any atom is 0.332 e. The number of carbonyl (C=O) groups is 1. The average molecular weight is 387 g/mol. The zero-order valence-electron chi connectivity index (χ0n) is 15.4. The van der Waals surface area contributed by atoms with Gasteiger partial charge in [0.05, 0.1) is 18.3 Å². The topological polar surface area (TPSA) is 82.3 Å². The van der Waals surface area contributed by atoms with Crippen molar-refractivity contribution in [3.05, 3.63) is 56.0 Å². The van der Waals surface area contributed by atoms with E-state index in [9.17, 15) is 14.4 Å². The lowest BCUT2D eigenvalue weighted by molar-refractivity contribution is -0.116. The van der Waals surface area contributed by atoms with Crippen molar-refractivity contribution in [3.8, 4) is 5.75 Å². The molecule has 0 atom stereocenters. The van der Waals surface area contributed by atoms with E-state index in [2.05, 4.69) is 5.32 Å². The fourth-order valence-electron chi connectivity index (χ4n) is 2.96. The molecule has 8 heteroatoms. The number of anilines is 1. The van der Waals surface area contributed by atoms with Gasteiger partial charge in [-0.3, -0.25) is 18.7 Å². The first-order valence-corrected chi connectivity index (χ1v) is 9.49. The van der Waals surface area contributed by atoms with Gasteiger partial charge < -0.3 is 10.1 Å². The first-order chi connectivity index (χ1) is 13.0. The molecule has 0 saturated heterocycles. The van der Waals surface area contributed by atoms with Crippen molar-refractivity contribution in [1.82, 2.24) is 9.13 Å². The Morgan fingerprint density at radius 2 is 2.00 bits per heavy atom. The van der Waals surface area contributed by atoms with Crippen LogP contribution in [0.5, 0.6) is 5.75 Å². The van der Waals surface area contributed by atoms with Gasteiger partial charge in [0.25, 0.3) is 5.56 Å². The van der Waals surface area contributed by atoms with Gasteiger partial charge in [-0.05, 0) is 42.5 Å². The van der Waals surface area contributed by atoms with Gasteiger partial charge in [0, 0.05) is 6.54 Å². The van der Waals surface area contributed by atoms with Crippen LogP contribution in [0.4, 0.5) is 5.69 Å². The molecule has 2 heterocycles. The van der Waals surface area contributed by atoms with Gasteiger partial charge in [0.15, 0.2) is 0 Å². The quantitative estimate of drug-likeness (QED) is 0.705. The second-order valence-electron chi connectivity index (χ2n) is 6.21. The molecule has 0 fully saturated rings. The molecule has 1 aromatic carbocycles. The number of hydrogen-bond acceptors (Lipinski definition) is 5. The lowest BCUT2D eigenvalue weighted by Gasteiger charge is -2.14. The third-order valence-electron chi connectivity index (χ3n) is 4.21. The monoisotopic (exact) mass is 387 g/mol. The summed E-state index contributed by atoms with van der Waals surface area (Å²) in [5, 5.41) is 4.54. The van der Waals surface area contributed by atoms with E-state index in [1.165, 1.54) is 27.6 Å². The maximum absolute atomic E-state index is 12.8. The molecule has 3 rings (SSSR count).